The largest absolute Gasteiger partial charge is 0.476 e. The predicted molar refractivity (Wildman–Crippen MR) is 85.5 cm³/mol. The van der Waals surface area contributed by atoms with E-state index in [4.69, 9.17) is 0 Å². The number of benzene rings is 1. The monoisotopic (exact) mass is 317 g/mol. The molecule has 0 aliphatic heterocycles. The van der Waals surface area contributed by atoms with Crippen LogP contribution in [0.2, 0.25) is 0 Å². The smallest absolute Gasteiger partial charge is 0.357 e. The van der Waals surface area contributed by atoms with Crippen molar-refractivity contribution in [2.45, 2.75) is 39.3 Å². The van der Waals surface area contributed by atoms with Crippen molar-refractivity contribution in [2.24, 2.45) is 0 Å². The first kappa shape index (κ1) is 16.7. The summed E-state index contributed by atoms with van der Waals surface area (Å²) in [6, 6.07) is 6.37. The average Bonchev–Trinajstić information content (AvgIpc) is 2.55. The van der Waals surface area contributed by atoms with Crippen LogP contribution in [0.5, 0.6) is 0 Å². The highest BCUT2D eigenvalue weighted by Gasteiger charge is 2.17. The third-order valence-corrected chi connectivity index (χ3v) is 3.71. The van der Waals surface area contributed by atoms with Gasteiger partial charge in [0.15, 0.2) is 5.69 Å². The Balaban J connectivity index is 2.41. The normalized spacial score (nSPS) is 10.9. The third-order valence-electron chi connectivity index (χ3n) is 3.71. The molecule has 7 heteroatoms. The van der Waals surface area contributed by atoms with Gasteiger partial charge in [-0.15, -0.1) is 0 Å². The van der Waals surface area contributed by atoms with Crippen LogP contribution >= 0.6 is 0 Å². The number of hydrogen-bond donors (Lipinski definition) is 2. The molecule has 1 aromatic carbocycles. The SMILES string of the molecule is CCC(CC)NC(=O)Cn1nc(C(=O)O)c2ccccc2c1=O. The fourth-order valence-corrected chi connectivity index (χ4v) is 2.40. The Morgan fingerprint density at radius 1 is 1.22 bits per heavy atom. The van der Waals surface area contributed by atoms with Gasteiger partial charge in [0.05, 0.1) is 5.39 Å². The molecule has 0 saturated heterocycles. The Bertz CT molecular complexity index is 794. The van der Waals surface area contributed by atoms with Crippen molar-refractivity contribution in [1.29, 1.82) is 0 Å². The van der Waals surface area contributed by atoms with Crippen LogP contribution in [-0.2, 0) is 11.3 Å². The molecule has 0 spiro atoms. The van der Waals surface area contributed by atoms with Gasteiger partial charge in [-0.3, -0.25) is 9.59 Å². The van der Waals surface area contributed by atoms with E-state index >= 15 is 0 Å². The molecule has 2 N–H and O–H groups in total. The number of nitrogens with zero attached hydrogens (tertiary/aromatic N) is 2. The molecule has 23 heavy (non-hydrogen) atoms. The van der Waals surface area contributed by atoms with Gasteiger partial charge in [0.25, 0.3) is 5.56 Å². The van der Waals surface area contributed by atoms with E-state index in [2.05, 4.69) is 10.4 Å². The number of nitrogens with one attached hydrogen (secondary N) is 1. The predicted octanol–water partition coefficient (Wildman–Crippen LogP) is 1.40. The number of carbonyl (C=O) groups excluding carboxylic acids is 1. The highest BCUT2D eigenvalue weighted by Crippen LogP contribution is 2.13. The molecule has 2 rings (SSSR count). The summed E-state index contributed by atoms with van der Waals surface area (Å²) < 4.78 is 0.906. The molecule has 1 aromatic heterocycles. The third kappa shape index (κ3) is 3.56. The lowest BCUT2D eigenvalue weighted by atomic mass is 10.1. The van der Waals surface area contributed by atoms with Crippen LogP contribution in [0, 0.1) is 0 Å². The van der Waals surface area contributed by atoms with Crippen molar-refractivity contribution in [2.75, 3.05) is 0 Å². The number of carboxylic acid groups (broad SMARTS) is 1. The van der Waals surface area contributed by atoms with E-state index in [1.165, 1.54) is 12.1 Å². The van der Waals surface area contributed by atoms with Crippen LogP contribution in [-0.4, -0.2) is 32.8 Å². The Labute approximate surface area is 132 Å². The fourth-order valence-electron chi connectivity index (χ4n) is 2.40. The Morgan fingerprint density at radius 3 is 2.39 bits per heavy atom. The summed E-state index contributed by atoms with van der Waals surface area (Å²) in [6.45, 7) is 3.61. The zero-order chi connectivity index (χ0) is 17.0. The number of rotatable bonds is 6. The maximum atomic E-state index is 12.4. The van der Waals surface area contributed by atoms with Crippen molar-refractivity contribution in [1.82, 2.24) is 15.1 Å². The first-order valence-electron chi connectivity index (χ1n) is 7.50. The lowest BCUT2D eigenvalue weighted by molar-refractivity contribution is -0.122. The summed E-state index contributed by atoms with van der Waals surface area (Å²) in [7, 11) is 0. The minimum Gasteiger partial charge on any atom is -0.476 e. The molecule has 1 amide bonds. The van der Waals surface area contributed by atoms with Crippen LogP contribution in [0.3, 0.4) is 0 Å². The number of aromatic carboxylic acids is 1. The van der Waals surface area contributed by atoms with Crippen LogP contribution < -0.4 is 10.9 Å². The maximum Gasteiger partial charge on any atom is 0.357 e. The Kier molecular flexibility index (Phi) is 5.10. The quantitative estimate of drug-likeness (QED) is 0.838. The van der Waals surface area contributed by atoms with Crippen molar-refractivity contribution < 1.29 is 14.7 Å². The number of aromatic nitrogens is 2. The van der Waals surface area contributed by atoms with Gasteiger partial charge in [0, 0.05) is 11.4 Å². The molecule has 0 unspecified atom stereocenters. The first-order chi connectivity index (χ1) is 11.0. The second-order valence-electron chi connectivity index (χ2n) is 5.24. The molecular formula is C16H19N3O4. The van der Waals surface area contributed by atoms with Gasteiger partial charge in [-0.1, -0.05) is 32.0 Å². The van der Waals surface area contributed by atoms with Crippen molar-refractivity contribution in [3.8, 4) is 0 Å². The zero-order valence-electron chi connectivity index (χ0n) is 13.1. The van der Waals surface area contributed by atoms with E-state index < -0.39 is 11.5 Å². The van der Waals surface area contributed by atoms with Gasteiger partial charge >= 0.3 is 5.97 Å². The molecule has 0 saturated carbocycles. The molecule has 2 aromatic rings. The topological polar surface area (TPSA) is 101 Å². The minimum atomic E-state index is -1.24. The van der Waals surface area contributed by atoms with E-state index in [1.54, 1.807) is 12.1 Å². The van der Waals surface area contributed by atoms with Crippen molar-refractivity contribution in [3.05, 3.63) is 40.3 Å². The van der Waals surface area contributed by atoms with Crippen LogP contribution in [0.4, 0.5) is 0 Å². The standard InChI is InChI=1S/C16H19N3O4/c1-3-10(4-2)17-13(20)9-19-15(21)12-8-6-5-7-11(12)14(18-19)16(22)23/h5-8,10H,3-4,9H2,1-2H3,(H,17,20)(H,22,23). The summed E-state index contributed by atoms with van der Waals surface area (Å²) in [6.07, 6.45) is 1.56. The van der Waals surface area contributed by atoms with Crippen LogP contribution in [0.15, 0.2) is 29.1 Å². The Morgan fingerprint density at radius 2 is 1.83 bits per heavy atom. The van der Waals surface area contributed by atoms with Gasteiger partial charge in [-0.05, 0) is 18.9 Å². The van der Waals surface area contributed by atoms with Crippen LogP contribution in [0.25, 0.3) is 10.8 Å². The molecule has 0 fully saturated rings. The van der Waals surface area contributed by atoms with E-state index in [1.807, 2.05) is 13.8 Å². The van der Waals surface area contributed by atoms with E-state index in [0.717, 1.165) is 17.5 Å². The van der Waals surface area contributed by atoms with E-state index in [0.29, 0.717) is 0 Å². The van der Waals surface area contributed by atoms with Gasteiger partial charge in [-0.25, -0.2) is 9.48 Å². The highest BCUT2D eigenvalue weighted by molar-refractivity contribution is 6.01. The number of carbonyl (C=O) groups is 2. The molecular weight excluding hydrogens is 298 g/mol. The summed E-state index contributed by atoms with van der Waals surface area (Å²) in [5.41, 5.74) is -0.721. The van der Waals surface area contributed by atoms with E-state index in [9.17, 15) is 19.5 Å². The summed E-state index contributed by atoms with van der Waals surface area (Å²) in [5, 5.41) is 16.4. The fraction of sp³-hybridized carbons (Fsp3) is 0.375. The van der Waals surface area contributed by atoms with Crippen molar-refractivity contribution >= 4 is 22.6 Å². The van der Waals surface area contributed by atoms with Crippen molar-refractivity contribution in [3.63, 3.8) is 0 Å². The molecule has 122 valence electrons. The number of carboxylic acids is 1. The molecule has 1 heterocycles. The minimum absolute atomic E-state index is 0.0256. The second-order valence-corrected chi connectivity index (χ2v) is 5.24. The van der Waals surface area contributed by atoms with Gasteiger partial charge < -0.3 is 10.4 Å². The Hall–Kier alpha value is -2.70. The summed E-state index contributed by atoms with van der Waals surface area (Å²) in [4.78, 5) is 35.8. The summed E-state index contributed by atoms with van der Waals surface area (Å²) >= 11 is 0. The zero-order valence-corrected chi connectivity index (χ0v) is 13.1. The average molecular weight is 317 g/mol. The lowest BCUT2D eigenvalue weighted by Crippen LogP contribution is -2.39. The van der Waals surface area contributed by atoms with Gasteiger partial charge in [-0.2, -0.15) is 5.10 Å². The molecule has 0 bridgehead atoms. The molecule has 0 atom stereocenters. The number of fused-ring (bicyclic) bond motifs is 1. The van der Waals surface area contributed by atoms with Gasteiger partial charge in [0.1, 0.15) is 6.54 Å². The van der Waals surface area contributed by atoms with Crippen LogP contribution in [0.1, 0.15) is 37.2 Å². The number of amides is 1. The lowest BCUT2D eigenvalue weighted by Gasteiger charge is -2.15. The first-order valence-corrected chi connectivity index (χ1v) is 7.50. The number of hydrogen-bond acceptors (Lipinski definition) is 4. The van der Waals surface area contributed by atoms with E-state index in [-0.39, 0.29) is 35.0 Å². The second kappa shape index (κ2) is 7.04. The molecule has 0 aliphatic rings. The summed E-state index contributed by atoms with van der Waals surface area (Å²) in [5.74, 6) is -1.60. The van der Waals surface area contributed by atoms with Gasteiger partial charge in [0.2, 0.25) is 5.91 Å². The molecule has 7 nitrogen and oxygen atoms in total. The molecule has 0 radical (unpaired) electrons. The maximum absolute atomic E-state index is 12.4. The molecule has 0 aliphatic carbocycles. The highest BCUT2D eigenvalue weighted by atomic mass is 16.4.